The number of phenolic OH excluding ortho intramolecular Hbond substituents is 1. The number of nitrogens with one attached hydrogen (secondary N) is 1. The Labute approximate surface area is 193 Å². The molecule has 0 fully saturated rings. The molecule has 8 heteroatoms. The van der Waals surface area contributed by atoms with Gasteiger partial charge in [-0.3, -0.25) is 4.79 Å². The Hall–Kier alpha value is -2.87. The third kappa shape index (κ3) is 4.74. The summed E-state index contributed by atoms with van der Waals surface area (Å²) < 4.78 is 5.75. The van der Waals surface area contributed by atoms with Crippen molar-refractivity contribution in [2.45, 2.75) is 12.5 Å². The molecule has 6 nitrogen and oxygen atoms in total. The van der Waals surface area contributed by atoms with Crippen molar-refractivity contribution in [2.75, 3.05) is 6.61 Å². The average molecular weight is 504 g/mol. The van der Waals surface area contributed by atoms with Crippen LogP contribution in [0.3, 0.4) is 0 Å². The summed E-state index contributed by atoms with van der Waals surface area (Å²) in [6, 6.07) is 18.8. The van der Waals surface area contributed by atoms with E-state index in [1.54, 1.807) is 67.6 Å². The molecule has 0 spiro atoms. The molecule has 0 atom stereocenters. The predicted molar refractivity (Wildman–Crippen MR) is 124 cm³/mol. The molecule has 160 valence electrons. The van der Waals surface area contributed by atoms with E-state index in [9.17, 15) is 15.0 Å². The zero-order chi connectivity index (χ0) is 22.4. The minimum atomic E-state index is -1.94. The molecule has 0 aliphatic heterocycles. The Bertz CT molecular complexity index is 1050. The van der Waals surface area contributed by atoms with Gasteiger partial charge in [0.15, 0.2) is 17.1 Å². The first kappa shape index (κ1) is 22.8. The number of carbonyl (C=O) groups is 1. The third-order valence-electron chi connectivity index (χ3n) is 4.56. The molecule has 3 aromatic rings. The Morgan fingerprint density at radius 1 is 1.16 bits per heavy atom. The normalized spacial score (nSPS) is 11.5. The minimum Gasteiger partial charge on any atom is -0.503 e. The van der Waals surface area contributed by atoms with Gasteiger partial charge in [0.1, 0.15) is 5.02 Å². The molecule has 31 heavy (non-hydrogen) atoms. The zero-order valence-electron chi connectivity index (χ0n) is 16.5. The highest BCUT2D eigenvalue weighted by molar-refractivity contribution is 9.10. The van der Waals surface area contributed by atoms with Crippen LogP contribution in [-0.2, 0) is 10.4 Å². The number of halogens is 2. The van der Waals surface area contributed by atoms with E-state index in [-0.39, 0.29) is 16.5 Å². The van der Waals surface area contributed by atoms with E-state index in [0.717, 1.165) is 0 Å². The predicted octanol–water partition coefficient (Wildman–Crippen LogP) is 4.59. The molecule has 0 aliphatic rings. The first-order valence-corrected chi connectivity index (χ1v) is 10.6. The smallest absolute Gasteiger partial charge is 0.281 e. The fourth-order valence-corrected chi connectivity index (χ4v) is 3.61. The van der Waals surface area contributed by atoms with Crippen LogP contribution >= 0.6 is 27.5 Å². The van der Waals surface area contributed by atoms with E-state index in [1.165, 1.54) is 12.3 Å². The van der Waals surface area contributed by atoms with Crippen LogP contribution in [0.25, 0.3) is 0 Å². The number of benzene rings is 3. The molecule has 0 radical (unpaired) electrons. The van der Waals surface area contributed by atoms with Gasteiger partial charge in [-0.1, -0.05) is 72.3 Å². The van der Waals surface area contributed by atoms with Crippen molar-refractivity contribution in [3.8, 4) is 11.5 Å². The second-order valence-electron chi connectivity index (χ2n) is 6.52. The second-order valence-corrected chi connectivity index (χ2v) is 7.69. The van der Waals surface area contributed by atoms with E-state index in [0.29, 0.717) is 27.8 Å². The number of rotatable bonds is 7. The first-order valence-electron chi connectivity index (χ1n) is 9.40. The molecule has 0 saturated carbocycles. The number of amides is 1. The number of hydrazone groups is 1. The molecular formula is C23H20BrClN2O4. The molecule has 0 aromatic heterocycles. The van der Waals surface area contributed by atoms with Crippen molar-refractivity contribution in [1.29, 1.82) is 0 Å². The largest absolute Gasteiger partial charge is 0.503 e. The highest BCUT2D eigenvalue weighted by atomic mass is 79.9. The fraction of sp³-hybridized carbons (Fsp3) is 0.130. The topological polar surface area (TPSA) is 91.2 Å². The van der Waals surface area contributed by atoms with Gasteiger partial charge in [0.25, 0.3) is 5.91 Å². The van der Waals surface area contributed by atoms with Crippen molar-refractivity contribution in [3.63, 3.8) is 0 Å². The van der Waals surface area contributed by atoms with Crippen LogP contribution in [0.1, 0.15) is 23.6 Å². The second kappa shape index (κ2) is 9.96. The van der Waals surface area contributed by atoms with Crippen molar-refractivity contribution in [1.82, 2.24) is 5.43 Å². The van der Waals surface area contributed by atoms with Gasteiger partial charge in [0.05, 0.1) is 12.8 Å². The summed E-state index contributed by atoms with van der Waals surface area (Å²) in [5, 5.41) is 25.5. The Balaban J connectivity index is 1.92. The number of hydrogen-bond acceptors (Lipinski definition) is 5. The lowest BCUT2D eigenvalue weighted by atomic mass is 9.85. The highest BCUT2D eigenvalue weighted by Gasteiger charge is 2.39. The molecular weight excluding hydrogens is 484 g/mol. The summed E-state index contributed by atoms with van der Waals surface area (Å²) in [6.45, 7) is 2.11. The molecule has 0 aliphatic carbocycles. The number of hydrogen-bond donors (Lipinski definition) is 3. The number of ether oxygens (including phenoxy) is 1. The van der Waals surface area contributed by atoms with Crippen LogP contribution in [0, 0.1) is 0 Å². The fourth-order valence-electron chi connectivity index (χ4n) is 3.00. The van der Waals surface area contributed by atoms with Gasteiger partial charge in [-0.05, 0) is 40.0 Å². The molecule has 1 amide bonds. The van der Waals surface area contributed by atoms with Crippen LogP contribution in [0.2, 0.25) is 5.02 Å². The maximum absolute atomic E-state index is 13.1. The van der Waals surface area contributed by atoms with Crippen LogP contribution < -0.4 is 10.2 Å². The van der Waals surface area contributed by atoms with Gasteiger partial charge < -0.3 is 14.9 Å². The lowest BCUT2D eigenvalue weighted by molar-refractivity contribution is -0.136. The summed E-state index contributed by atoms with van der Waals surface area (Å²) in [4.78, 5) is 13.1. The van der Waals surface area contributed by atoms with Gasteiger partial charge in [-0.2, -0.15) is 5.10 Å². The van der Waals surface area contributed by atoms with Crippen molar-refractivity contribution < 1.29 is 19.7 Å². The van der Waals surface area contributed by atoms with Gasteiger partial charge in [0, 0.05) is 10.0 Å². The zero-order valence-corrected chi connectivity index (χ0v) is 18.9. The number of aliphatic hydroxyl groups is 1. The molecule has 0 bridgehead atoms. The van der Waals surface area contributed by atoms with Gasteiger partial charge >= 0.3 is 0 Å². The maximum atomic E-state index is 13.1. The Morgan fingerprint density at radius 3 is 2.23 bits per heavy atom. The molecule has 3 N–H and O–H groups in total. The first-order chi connectivity index (χ1) is 14.9. The molecule has 0 saturated heterocycles. The molecule has 0 heterocycles. The SMILES string of the molecule is CCOc1cc(/C=N\NC(=O)C(O)(c2ccccc2)c2ccccc2)c(Br)c(Cl)c1O. The summed E-state index contributed by atoms with van der Waals surface area (Å²) in [7, 11) is 0. The van der Waals surface area contributed by atoms with Crippen molar-refractivity contribution in [3.05, 3.63) is 92.9 Å². The van der Waals surface area contributed by atoms with Crippen molar-refractivity contribution in [2.24, 2.45) is 5.10 Å². The number of nitrogens with zero attached hydrogens (tertiary/aromatic N) is 1. The standard InChI is InChI=1S/C23H20BrClN2O4/c1-2-31-18-13-15(19(24)20(25)21(18)28)14-26-27-22(29)23(30,16-9-5-3-6-10-16)17-11-7-4-8-12-17/h3-14,28,30H,2H2,1H3,(H,27,29)/b26-14-. The number of aromatic hydroxyl groups is 1. The Kier molecular flexibility index (Phi) is 7.33. The van der Waals surface area contributed by atoms with Crippen LogP contribution in [0.5, 0.6) is 11.5 Å². The molecule has 3 aromatic carbocycles. The van der Waals surface area contributed by atoms with Crippen LogP contribution in [-0.4, -0.2) is 28.9 Å². The van der Waals surface area contributed by atoms with E-state index in [1.807, 2.05) is 0 Å². The Morgan fingerprint density at radius 2 is 1.71 bits per heavy atom. The van der Waals surface area contributed by atoms with Crippen molar-refractivity contribution >= 4 is 39.7 Å². The average Bonchev–Trinajstić information content (AvgIpc) is 2.81. The monoisotopic (exact) mass is 502 g/mol. The lowest BCUT2D eigenvalue weighted by Crippen LogP contribution is -2.43. The lowest BCUT2D eigenvalue weighted by Gasteiger charge is -2.27. The van der Waals surface area contributed by atoms with Crippen LogP contribution in [0.4, 0.5) is 0 Å². The van der Waals surface area contributed by atoms with Gasteiger partial charge in [-0.25, -0.2) is 5.43 Å². The maximum Gasteiger partial charge on any atom is 0.281 e. The van der Waals surface area contributed by atoms with E-state index in [4.69, 9.17) is 16.3 Å². The van der Waals surface area contributed by atoms with Gasteiger partial charge in [0.2, 0.25) is 0 Å². The molecule has 3 rings (SSSR count). The van der Waals surface area contributed by atoms with Crippen LogP contribution in [0.15, 0.2) is 76.3 Å². The van der Waals surface area contributed by atoms with E-state index >= 15 is 0 Å². The minimum absolute atomic E-state index is 0.0591. The summed E-state index contributed by atoms with van der Waals surface area (Å²) in [6.07, 6.45) is 1.34. The summed E-state index contributed by atoms with van der Waals surface area (Å²) in [5.41, 5.74) is 1.73. The quantitative estimate of drug-likeness (QED) is 0.325. The summed E-state index contributed by atoms with van der Waals surface area (Å²) >= 11 is 9.43. The van der Waals surface area contributed by atoms with Gasteiger partial charge in [-0.15, -0.1) is 0 Å². The summed E-state index contributed by atoms with van der Waals surface area (Å²) in [5.74, 6) is -0.736. The van der Waals surface area contributed by atoms with E-state index in [2.05, 4.69) is 26.5 Å². The third-order valence-corrected chi connectivity index (χ3v) is 6.01. The number of carbonyl (C=O) groups excluding carboxylic acids is 1. The number of phenols is 1. The van der Waals surface area contributed by atoms with E-state index < -0.39 is 11.5 Å². The molecule has 0 unspecified atom stereocenters. The highest BCUT2D eigenvalue weighted by Crippen LogP contribution is 2.41.